The van der Waals surface area contributed by atoms with Gasteiger partial charge in [0.2, 0.25) is 11.5 Å². The van der Waals surface area contributed by atoms with Gasteiger partial charge in [-0.15, -0.1) is 0 Å². The van der Waals surface area contributed by atoms with Crippen molar-refractivity contribution in [2.45, 2.75) is 6.18 Å². The van der Waals surface area contributed by atoms with Crippen LogP contribution in [0.5, 0.6) is 0 Å². The normalized spacial score (nSPS) is 11.0. The zero-order valence-corrected chi connectivity index (χ0v) is 6.55. The van der Waals surface area contributed by atoms with Gasteiger partial charge in [0, 0.05) is 6.07 Å². The Kier molecular flexibility index (Phi) is 2.21. The quantitative estimate of drug-likeness (QED) is 0.747. The summed E-state index contributed by atoms with van der Waals surface area (Å²) in [6.45, 7) is 0. The molecule has 2 N–H and O–H groups in total. The summed E-state index contributed by atoms with van der Waals surface area (Å²) in [5, 5.41) is 8.26. The van der Waals surface area contributed by atoms with E-state index in [-0.39, 0.29) is 0 Å². The van der Waals surface area contributed by atoms with Crippen LogP contribution in [0.1, 0.15) is 21.9 Å². The standard InChI is InChI=1S/C7H3F3N2O2/c8-7(9,10)5-4(6(12)13)1-3(2-11)14-5/h1H,(H2,12,13). The third kappa shape index (κ3) is 1.69. The number of carbonyl (C=O) groups is 1. The minimum absolute atomic E-state index is 0.605. The van der Waals surface area contributed by atoms with Gasteiger partial charge in [-0.3, -0.25) is 4.79 Å². The van der Waals surface area contributed by atoms with Crippen LogP contribution < -0.4 is 5.73 Å². The number of rotatable bonds is 1. The van der Waals surface area contributed by atoms with Gasteiger partial charge < -0.3 is 10.2 Å². The molecule has 0 radical (unpaired) electrons. The van der Waals surface area contributed by atoms with Crippen molar-refractivity contribution in [1.29, 1.82) is 5.26 Å². The average Bonchev–Trinajstić information content (AvgIpc) is 2.46. The maximum absolute atomic E-state index is 12.1. The van der Waals surface area contributed by atoms with E-state index < -0.39 is 29.2 Å². The van der Waals surface area contributed by atoms with E-state index in [0.717, 1.165) is 0 Å². The van der Waals surface area contributed by atoms with E-state index >= 15 is 0 Å². The lowest BCUT2D eigenvalue weighted by Gasteiger charge is -2.02. The van der Waals surface area contributed by atoms with Gasteiger partial charge in [0.05, 0.1) is 5.56 Å². The monoisotopic (exact) mass is 204 g/mol. The molecule has 0 fully saturated rings. The van der Waals surface area contributed by atoms with Crippen LogP contribution >= 0.6 is 0 Å². The SMILES string of the molecule is N#Cc1cc(C(N)=O)c(C(F)(F)F)o1. The van der Waals surface area contributed by atoms with E-state index in [2.05, 4.69) is 10.2 Å². The number of nitriles is 1. The minimum Gasteiger partial charge on any atom is -0.440 e. The predicted molar refractivity (Wildman–Crippen MR) is 36.9 cm³/mol. The number of alkyl halides is 3. The molecule has 0 aromatic carbocycles. The highest BCUT2D eigenvalue weighted by molar-refractivity contribution is 5.94. The van der Waals surface area contributed by atoms with E-state index in [1.54, 1.807) is 0 Å². The molecule has 0 aliphatic rings. The van der Waals surface area contributed by atoms with Crippen molar-refractivity contribution in [2.75, 3.05) is 0 Å². The summed E-state index contributed by atoms with van der Waals surface area (Å²) in [6, 6.07) is 2.00. The number of nitrogens with zero attached hydrogens (tertiary/aromatic N) is 1. The Bertz CT molecular complexity index is 414. The first kappa shape index (κ1) is 10.1. The van der Waals surface area contributed by atoms with Crippen LogP contribution in [0.15, 0.2) is 10.5 Å². The highest BCUT2D eigenvalue weighted by Gasteiger charge is 2.39. The molecule has 1 aromatic rings. The van der Waals surface area contributed by atoms with E-state index in [1.807, 2.05) is 0 Å². The number of hydrogen-bond acceptors (Lipinski definition) is 3. The second-order valence-corrected chi connectivity index (χ2v) is 2.33. The molecule has 0 saturated carbocycles. The summed E-state index contributed by atoms with van der Waals surface area (Å²) in [5.41, 5.74) is 3.83. The third-order valence-electron chi connectivity index (χ3n) is 1.37. The maximum atomic E-state index is 12.1. The molecule has 0 spiro atoms. The van der Waals surface area contributed by atoms with Crippen molar-refractivity contribution in [3.8, 4) is 6.07 Å². The fraction of sp³-hybridized carbons (Fsp3) is 0.143. The molecule has 7 heteroatoms. The lowest BCUT2D eigenvalue weighted by Crippen LogP contribution is -2.16. The van der Waals surface area contributed by atoms with Crippen LogP contribution in [-0.4, -0.2) is 5.91 Å². The summed E-state index contributed by atoms with van der Waals surface area (Å²) in [6.07, 6.45) is -4.83. The largest absolute Gasteiger partial charge is 0.450 e. The second kappa shape index (κ2) is 3.06. The highest BCUT2D eigenvalue weighted by atomic mass is 19.4. The van der Waals surface area contributed by atoms with Gasteiger partial charge in [-0.1, -0.05) is 0 Å². The maximum Gasteiger partial charge on any atom is 0.450 e. The predicted octanol–water partition coefficient (Wildman–Crippen LogP) is 1.27. The summed E-state index contributed by atoms with van der Waals surface area (Å²) in [5.74, 6) is -3.43. The molecule has 0 aliphatic heterocycles. The number of carbonyl (C=O) groups excluding carboxylic acids is 1. The van der Waals surface area contributed by atoms with Gasteiger partial charge in [0.25, 0.3) is 5.91 Å². The fourth-order valence-corrected chi connectivity index (χ4v) is 0.840. The van der Waals surface area contributed by atoms with Crippen LogP contribution in [0.3, 0.4) is 0 Å². The van der Waals surface area contributed by atoms with Crippen LogP contribution in [-0.2, 0) is 6.18 Å². The van der Waals surface area contributed by atoms with Gasteiger partial charge in [0.1, 0.15) is 6.07 Å². The molecule has 14 heavy (non-hydrogen) atoms. The molecule has 74 valence electrons. The summed E-state index contributed by atoms with van der Waals surface area (Å²) in [4.78, 5) is 10.6. The van der Waals surface area contributed by atoms with Gasteiger partial charge >= 0.3 is 6.18 Å². The molecular weight excluding hydrogens is 201 g/mol. The van der Waals surface area contributed by atoms with Crippen molar-refractivity contribution >= 4 is 5.91 Å². The van der Waals surface area contributed by atoms with Crippen LogP contribution in [0.2, 0.25) is 0 Å². The van der Waals surface area contributed by atoms with Gasteiger partial charge in [0.15, 0.2) is 0 Å². The third-order valence-corrected chi connectivity index (χ3v) is 1.37. The van der Waals surface area contributed by atoms with Crippen LogP contribution in [0.4, 0.5) is 13.2 Å². The number of primary amides is 1. The molecular formula is C7H3F3N2O2. The zero-order chi connectivity index (χ0) is 10.9. The zero-order valence-electron chi connectivity index (χ0n) is 6.55. The summed E-state index contributed by atoms with van der Waals surface area (Å²) < 4.78 is 40.5. The molecule has 1 amide bonds. The molecule has 0 unspecified atom stereocenters. The Morgan fingerprint density at radius 3 is 2.43 bits per heavy atom. The van der Waals surface area contributed by atoms with Crippen molar-refractivity contribution in [1.82, 2.24) is 0 Å². The smallest absolute Gasteiger partial charge is 0.440 e. The molecule has 0 aliphatic carbocycles. The van der Waals surface area contributed by atoms with E-state index in [9.17, 15) is 18.0 Å². The first-order chi connectivity index (χ1) is 6.36. The van der Waals surface area contributed by atoms with Gasteiger partial charge in [-0.25, -0.2) is 0 Å². The number of hydrogen-bond donors (Lipinski definition) is 1. The lowest BCUT2D eigenvalue weighted by atomic mass is 10.2. The number of nitrogens with two attached hydrogens (primary N) is 1. The van der Waals surface area contributed by atoms with Crippen molar-refractivity contribution < 1.29 is 22.4 Å². The van der Waals surface area contributed by atoms with Crippen LogP contribution in [0, 0.1) is 11.3 Å². The van der Waals surface area contributed by atoms with E-state index in [0.29, 0.717) is 6.07 Å². The Morgan fingerprint density at radius 2 is 2.14 bits per heavy atom. The number of halogens is 3. The number of amides is 1. The molecule has 1 rings (SSSR count). The Morgan fingerprint density at radius 1 is 1.57 bits per heavy atom. The molecule has 1 aromatic heterocycles. The summed E-state index contributed by atoms with van der Waals surface area (Å²) in [7, 11) is 0. The second-order valence-electron chi connectivity index (χ2n) is 2.33. The Hall–Kier alpha value is -1.97. The average molecular weight is 204 g/mol. The van der Waals surface area contributed by atoms with Crippen molar-refractivity contribution in [3.63, 3.8) is 0 Å². The Balaban J connectivity index is 3.36. The molecule has 0 saturated heterocycles. The van der Waals surface area contributed by atoms with Crippen molar-refractivity contribution in [2.24, 2.45) is 5.73 Å². The van der Waals surface area contributed by atoms with Crippen molar-refractivity contribution in [3.05, 3.63) is 23.2 Å². The molecule has 1 heterocycles. The van der Waals surface area contributed by atoms with Gasteiger partial charge in [-0.2, -0.15) is 18.4 Å². The van der Waals surface area contributed by atoms with E-state index in [4.69, 9.17) is 5.26 Å². The van der Waals surface area contributed by atoms with Gasteiger partial charge in [-0.05, 0) is 0 Å². The first-order valence-corrected chi connectivity index (χ1v) is 3.27. The lowest BCUT2D eigenvalue weighted by molar-refractivity contribution is -0.153. The number of furan rings is 1. The molecule has 0 bridgehead atoms. The molecule has 0 atom stereocenters. The van der Waals surface area contributed by atoms with E-state index in [1.165, 1.54) is 6.07 Å². The van der Waals surface area contributed by atoms with Crippen LogP contribution in [0.25, 0.3) is 0 Å². The highest BCUT2D eigenvalue weighted by Crippen LogP contribution is 2.33. The molecule has 4 nitrogen and oxygen atoms in total. The summed E-state index contributed by atoms with van der Waals surface area (Å²) >= 11 is 0. The Labute approximate surface area is 75.7 Å². The minimum atomic E-state index is -4.83. The first-order valence-electron chi connectivity index (χ1n) is 3.27. The topological polar surface area (TPSA) is 80.0 Å². The fourth-order valence-electron chi connectivity index (χ4n) is 0.840.